The molecule has 32 heavy (non-hydrogen) atoms. The number of fused-ring (bicyclic) bond motifs is 1. The van der Waals surface area contributed by atoms with Gasteiger partial charge in [0.2, 0.25) is 0 Å². The summed E-state index contributed by atoms with van der Waals surface area (Å²) in [5, 5.41) is 0. The fourth-order valence-electron chi connectivity index (χ4n) is 4.52. The molecule has 5 rings (SSSR count). The standard InChI is InChI=1S/C25H29N5OS/c1-4-24-27-20(15-31-24)14-30-22-9-7-18(16-32-3)12-21(22)28-25(30)19-8-10-23(26-13-19)29-11-5-6-17(29)2/h7-10,12-13,15,17H,4-6,11,14,16H2,1-3H3. The molecule has 4 aromatic rings. The van der Waals surface area contributed by atoms with Gasteiger partial charge < -0.3 is 13.9 Å². The summed E-state index contributed by atoms with van der Waals surface area (Å²) in [6, 6.07) is 11.4. The molecule has 1 aliphatic rings. The molecular weight excluding hydrogens is 418 g/mol. The summed E-state index contributed by atoms with van der Waals surface area (Å²) in [5.74, 6) is 3.70. The van der Waals surface area contributed by atoms with Crippen LogP contribution in [0.5, 0.6) is 0 Å². The molecule has 6 nitrogen and oxygen atoms in total. The average Bonchev–Trinajstić information content (AvgIpc) is 3.53. The van der Waals surface area contributed by atoms with Crippen LogP contribution in [0.3, 0.4) is 0 Å². The van der Waals surface area contributed by atoms with Gasteiger partial charge in [-0.3, -0.25) is 0 Å². The average molecular weight is 448 g/mol. The van der Waals surface area contributed by atoms with Crippen molar-refractivity contribution in [3.05, 3.63) is 59.9 Å². The molecule has 1 unspecified atom stereocenters. The molecule has 1 aliphatic heterocycles. The molecule has 3 aromatic heterocycles. The molecule has 0 N–H and O–H groups in total. The van der Waals surface area contributed by atoms with Gasteiger partial charge in [-0.1, -0.05) is 13.0 Å². The monoisotopic (exact) mass is 447 g/mol. The van der Waals surface area contributed by atoms with E-state index in [4.69, 9.17) is 14.4 Å². The van der Waals surface area contributed by atoms with E-state index in [2.05, 4.69) is 64.9 Å². The number of imidazole rings is 1. The molecule has 0 saturated carbocycles. The van der Waals surface area contributed by atoms with Crippen LogP contribution in [0.1, 0.15) is 43.8 Å². The highest BCUT2D eigenvalue weighted by molar-refractivity contribution is 7.97. The maximum Gasteiger partial charge on any atom is 0.193 e. The maximum atomic E-state index is 5.59. The van der Waals surface area contributed by atoms with Crippen LogP contribution in [0, 0.1) is 0 Å². The minimum atomic E-state index is 0.549. The number of aryl methyl sites for hydroxylation is 1. The first-order chi connectivity index (χ1) is 15.7. The van der Waals surface area contributed by atoms with Crippen LogP contribution in [-0.4, -0.2) is 38.4 Å². The third-order valence-corrected chi connectivity index (χ3v) is 6.82. The molecule has 0 radical (unpaired) electrons. The van der Waals surface area contributed by atoms with Crippen molar-refractivity contribution in [2.75, 3.05) is 17.7 Å². The normalized spacial score (nSPS) is 16.3. The largest absolute Gasteiger partial charge is 0.449 e. The molecule has 0 bridgehead atoms. The van der Waals surface area contributed by atoms with Crippen molar-refractivity contribution in [3.63, 3.8) is 0 Å². The summed E-state index contributed by atoms with van der Waals surface area (Å²) in [6.07, 6.45) is 9.09. The van der Waals surface area contributed by atoms with E-state index in [1.54, 1.807) is 6.26 Å². The second kappa shape index (κ2) is 8.98. The summed E-state index contributed by atoms with van der Waals surface area (Å²) in [5.41, 5.74) is 5.31. The molecule has 1 aromatic carbocycles. The first kappa shape index (κ1) is 21.1. The zero-order chi connectivity index (χ0) is 22.1. The molecule has 1 saturated heterocycles. The lowest BCUT2D eigenvalue weighted by Crippen LogP contribution is -2.26. The van der Waals surface area contributed by atoms with Crippen molar-refractivity contribution >= 4 is 28.6 Å². The Bertz CT molecular complexity index is 1210. The third-order valence-electron chi connectivity index (χ3n) is 6.20. The predicted molar refractivity (Wildman–Crippen MR) is 131 cm³/mol. The first-order valence-corrected chi connectivity index (χ1v) is 12.7. The Morgan fingerprint density at radius 1 is 1.19 bits per heavy atom. The van der Waals surface area contributed by atoms with Crippen molar-refractivity contribution in [3.8, 4) is 11.4 Å². The van der Waals surface area contributed by atoms with E-state index in [1.807, 2.05) is 18.0 Å². The van der Waals surface area contributed by atoms with Gasteiger partial charge in [0, 0.05) is 36.5 Å². The number of hydrogen-bond acceptors (Lipinski definition) is 6. The summed E-state index contributed by atoms with van der Waals surface area (Å²) in [7, 11) is 0. The minimum absolute atomic E-state index is 0.549. The Hall–Kier alpha value is -2.80. The minimum Gasteiger partial charge on any atom is -0.449 e. The van der Waals surface area contributed by atoms with Gasteiger partial charge in [-0.15, -0.1) is 0 Å². The van der Waals surface area contributed by atoms with Crippen LogP contribution >= 0.6 is 11.8 Å². The molecular formula is C25H29N5OS. The number of thioether (sulfide) groups is 1. The van der Waals surface area contributed by atoms with Crippen LogP contribution in [0.15, 0.2) is 47.2 Å². The van der Waals surface area contributed by atoms with E-state index in [9.17, 15) is 0 Å². The molecule has 4 heterocycles. The van der Waals surface area contributed by atoms with Crippen LogP contribution in [0.4, 0.5) is 5.82 Å². The van der Waals surface area contributed by atoms with E-state index in [0.717, 1.165) is 58.5 Å². The van der Waals surface area contributed by atoms with Gasteiger partial charge in [-0.05, 0) is 55.9 Å². The Balaban J connectivity index is 1.55. The van der Waals surface area contributed by atoms with Gasteiger partial charge in [-0.2, -0.15) is 11.8 Å². The van der Waals surface area contributed by atoms with E-state index < -0.39 is 0 Å². The lowest BCUT2D eigenvalue weighted by atomic mass is 10.2. The van der Waals surface area contributed by atoms with E-state index in [1.165, 1.54) is 18.4 Å². The number of nitrogens with zero attached hydrogens (tertiary/aromatic N) is 5. The van der Waals surface area contributed by atoms with Crippen LogP contribution < -0.4 is 4.90 Å². The Morgan fingerprint density at radius 3 is 2.78 bits per heavy atom. The van der Waals surface area contributed by atoms with E-state index in [0.29, 0.717) is 12.6 Å². The SMILES string of the molecule is CCc1nc(Cn2c(-c3ccc(N4CCCC4C)nc3)nc3cc(CSC)ccc32)co1. The highest BCUT2D eigenvalue weighted by Crippen LogP contribution is 2.29. The van der Waals surface area contributed by atoms with Gasteiger partial charge in [0.1, 0.15) is 17.9 Å². The lowest BCUT2D eigenvalue weighted by molar-refractivity contribution is 0.501. The molecule has 1 atom stereocenters. The number of benzene rings is 1. The number of anilines is 1. The highest BCUT2D eigenvalue weighted by Gasteiger charge is 2.22. The number of hydrogen-bond donors (Lipinski definition) is 0. The summed E-state index contributed by atoms with van der Waals surface area (Å²) < 4.78 is 7.82. The van der Waals surface area contributed by atoms with Crippen molar-refractivity contribution in [1.29, 1.82) is 0 Å². The fraction of sp³-hybridized carbons (Fsp3) is 0.400. The van der Waals surface area contributed by atoms with Crippen molar-refractivity contribution in [2.45, 2.75) is 51.4 Å². The summed E-state index contributed by atoms with van der Waals surface area (Å²) in [6.45, 7) is 6.02. The van der Waals surface area contributed by atoms with Gasteiger partial charge >= 0.3 is 0 Å². The van der Waals surface area contributed by atoms with Crippen LogP contribution in [0.25, 0.3) is 22.4 Å². The van der Waals surface area contributed by atoms with Crippen molar-refractivity contribution in [2.24, 2.45) is 0 Å². The maximum absolute atomic E-state index is 5.59. The number of oxazole rings is 1. The second-order valence-electron chi connectivity index (χ2n) is 8.45. The topological polar surface area (TPSA) is 60.0 Å². The van der Waals surface area contributed by atoms with Crippen LogP contribution in [0.2, 0.25) is 0 Å². The molecule has 0 spiro atoms. The molecule has 7 heteroatoms. The Kier molecular flexibility index (Phi) is 5.91. The predicted octanol–water partition coefficient (Wildman–Crippen LogP) is 5.55. The first-order valence-electron chi connectivity index (χ1n) is 11.3. The molecule has 1 fully saturated rings. The van der Waals surface area contributed by atoms with E-state index in [-0.39, 0.29) is 0 Å². The lowest BCUT2D eigenvalue weighted by Gasteiger charge is -2.22. The molecule has 0 amide bonds. The smallest absolute Gasteiger partial charge is 0.193 e. The summed E-state index contributed by atoms with van der Waals surface area (Å²) in [4.78, 5) is 16.9. The van der Waals surface area contributed by atoms with E-state index >= 15 is 0 Å². The number of pyridine rings is 1. The van der Waals surface area contributed by atoms with Crippen molar-refractivity contribution < 1.29 is 4.42 Å². The van der Waals surface area contributed by atoms with Gasteiger partial charge in [0.15, 0.2) is 5.89 Å². The Morgan fingerprint density at radius 2 is 2.09 bits per heavy atom. The Labute approximate surface area is 193 Å². The van der Waals surface area contributed by atoms with Crippen LogP contribution in [-0.2, 0) is 18.7 Å². The van der Waals surface area contributed by atoms with Gasteiger partial charge in [-0.25, -0.2) is 15.0 Å². The summed E-state index contributed by atoms with van der Waals surface area (Å²) >= 11 is 1.82. The zero-order valence-corrected chi connectivity index (χ0v) is 19.7. The number of aromatic nitrogens is 4. The molecule has 0 aliphatic carbocycles. The highest BCUT2D eigenvalue weighted by atomic mass is 32.2. The van der Waals surface area contributed by atoms with Gasteiger partial charge in [0.05, 0.1) is 23.3 Å². The fourth-order valence-corrected chi connectivity index (χ4v) is 5.03. The van der Waals surface area contributed by atoms with Crippen molar-refractivity contribution in [1.82, 2.24) is 19.5 Å². The number of rotatable bonds is 7. The zero-order valence-electron chi connectivity index (χ0n) is 18.9. The quantitative estimate of drug-likeness (QED) is 0.370. The molecule has 166 valence electrons. The second-order valence-corrected chi connectivity index (χ2v) is 9.32. The van der Waals surface area contributed by atoms with Gasteiger partial charge in [0.25, 0.3) is 0 Å². The third kappa shape index (κ3) is 4.01.